The van der Waals surface area contributed by atoms with E-state index in [1.165, 1.54) is 6.07 Å². The van der Waals surface area contributed by atoms with E-state index in [0.717, 1.165) is 0 Å². The molecule has 1 amide bonds. The summed E-state index contributed by atoms with van der Waals surface area (Å²) >= 11 is 0. The van der Waals surface area contributed by atoms with Gasteiger partial charge in [0.15, 0.2) is 0 Å². The monoisotopic (exact) mass is 156 g/mol. The minimum absolute atomic E-state index is 0.266. The Kier molecular flexibility index (Phi) is 1.80. The fourth-order valence-corrected chi connectivity index (χ4v) is 0.651. The highest BCUT2D eigenvalue weighted by molar-refractivity contribution is 5.80. The number of carbonyl (C=O) groups is 1. The lowest BCUT2D eigenvalue weighted by Crippen LogP contribution is -2.18. The van der Waals surface area contributed by atoms with Crippen LogP contribution in [-0.4, -0.2) is 11.1 Å². The number of H-pyrrole nitrogens is 1. The molecule has 0 spiro atoms. The summed E-state index contributed by atoms with van der Waals surface area (Å²) in [5.41, 5.74) is 4.59. The van der Waals surface area contributed by atoms with Gasteiger partial charge in [0.05, 0.1) is 5.92 Å². The number of aromatic nitrogens is 1. The van der Waals surface area contributed by atoms with Crippen LogP contribution >= 0.6 is 0 Å². The lowest BCUT2D eigenvalue weighted by Gasteiger charge is -1.98. The van der Waals surface area contributed by atoms with E-state index in [9.17, 15) is 9.59 Å². The van der Waals surface area contributed by atoms with Gasteiger partial charge in [-0.3, -0.25) is 9.59 Å². The molecule has 0 aromatic carbocycles. The van der Waals surface area contributed by atoms with Crippen molar-refractivity contribution >= 4 is 5.91 Å². The van der Waals surface area contributed by atoms with Crippen LogP contribution < -0.4 is 11.3 Å². The Labute approximate surface area is 62.2 Å². The quantitative estimate of drug-likeness (QED) is 0.608. The zero-order valence-electron chi connectivity index (χ0n) is 5.96. The lowest BCUT2D eigenvalue weighted by atomic mass is 10.1. The van der Waals surface area contributed by atoms with Crippen molar-refractivity contribution in [2.24, 2.45) is 5.73 Å². The van der Waals surface area contributed by atoms with Crippen LogP contribution in [0.15, 0.2) is 15.4 Å². The van der Waals surface area contributed by atoms with Gasteiger partial charge in [-0.15, -0.1) is 0 Å². The first-order valence-corrected chi connectivity index (χ1v) is 3.09. The van der Waals surface area contributed by atoms with Gasteiger partial charge in [-0.05, 0) is 6.92 Å². The molecule has 0 aliphatic rings. The van der Waals surface area contributed by atoms with Crippen LogP contribution in [0, 0.1) is 0 Å². The van der Waals surface area contributed by atoms with E-state index in [-0.39, 0.29) is 11.3 Å². The SMILES string of the molecule is CC(C(N)=O)c1cc(=O)[nH]o1. The second-order valence-corrected chi connectivity index (χ2v) is 2.24. The Hall–Kier alpha value is -1.52. The van der Waals surface area contributed by atoms with Crippen molar-refractivity contribution in [3.05, 3.63) is 22.2 Å². The highest BCUT2D eigenvalue weighted by Gasteiger charge is 2.15. The van der Waals surface area contributed by atoms with Crippen molar-refractivity contribution in [1.29, 1.82) is 0 Å². The van der Waals surface area contributed by atoms with Gasteiger partial charge in [0.1, 0.15) is 5.76 Å². The van der Waals surface area contributed by atoms with Crippen molar-refractivity contribution in [2.45, 2.75) is 12.8 Å². The van der Waals surface area contributed by atoms with Crippen LogP contribution in [-0.2, 0) is 4.79 Å². The predicted octanol–water partition coefficient (Wildman–Crippen LogP) is -0.443. The zero-order valence-corrected chi connectivity index (χ0v) is 5.96. The highest BCUT2D eigenvalue weighted by atomic mass is 16.5. The summed E-state index contributed by atoms with van der Waals surface area (Å²) in [6.07, 6.45) is 0. The van der Waals surface area contributed by atoms with E-state index >= 15 is 0 Å². The molecule has 0 saturated heterocycles. The Morgan fingerprint density at radius 3 is 2.82 bits per heavy atom. The Balaban J connectivity index is 2.93. The third kappa shape index (κ3) is 1.49. The first kappa shape index (κ1) is 7.59. The summed E-state index contributed by atoms with van der Waals surface area (Å²) in [7, 11) is 0. The number of rotatable bonds is 2. The molecule has 0 saturated carbocycles. The van der Waals surface area contributed by atoms with Crippen LogP contribution in [0.1, 0.15) is 18.6 Å². The zero-order chi connectivity index (χ0) is 8.43. The van der Waals surface area contributed by atoms with Crippen LogP contribution in [0.5, 0.6) is 0 Å². The molecule has 0 radical (unpaired) electrons. The molecule has 5 heteroatoms. The molecular weight excluding hydrogens is 148 g/mol. The second-order valence-electron chi connectivity index (χ2n) is 2.24. The number of nitrogens with two attached hydrogens (primary N) is 1. The molecule has 11 heavy (non-hydrogen) atoms. The number of hydrogen-bond acceptors (Lipinski definition) is 3. The summed E-state index contributed by atoms with van der Waals surface area (Å²) in [6.45, 7) is 1.56. The maximum atomic E-state index is 10.6. The number of hydrogen-bond donors (Lipinski definition) is 2. The molecule has 0 aliphatic heterocycles. The predicted molar refractivity (Wildman–Crippen MR) is 36.9 cm³/mol. The third-order valence-corrected chi connectivity index (χ3v) is 1.40. The number of carbonyl (C=O) groups excluding carboxylic acids is 1. The number of primary amides is 1. The topological polar surface area (TPSA) is 89.1 Å². The summed E-state index contributed by atoms with van der Waals surface area (Å²) in [5.74, 6) is -0.816. The van der Waals surface area contributed by atoms with E-state index in [1.807, 2.05) is 0 Å². The van der Waals surface area contributed by atoms with Crippen LogP contribution in [0.3, 0.4) is 0 Å². The van der Waals surface area contributed by atoms with E-state index in [4.69, 9.17) is 5.73 Å². The molecule has 1 atom stereocenters. The molecule has 0 aliphatic carbocycles. The average molecular weight is 156 g/mol. The molecule has 60 valence electrons. The Morgan fingerprint density at radius 1 is 1.82 bits per heavy atom. The minimum Gasteiger partial charge on any atom is -0.383 e. The smallest absolute Gasteiger partial charge is 0.280 e. The summed E-state index contributed by atoms with van der Waals surface area (Å²) in [6, 6.07) is 1.20. The van der Waals surface area contributed by atoms with Crippen molar-refractivity contribution in [1.82, 2.24) is 5.16 Å². The molecule has 1 heterocycles. The molecule has 3 N–H and O–H groups in total. The fourth-order valence-electron chi connectivity index (χ4n) is 0.651. The van der Waals surface area contributed by atoms with Gasteiger partial charge in [-0.2, -0.15) is 5.16 Å². The first-order valence-electron chi connectivity index (χ1n) is 3.09. The normalized spacial score (nSPS) is 12.8. The van der Waals surface area contributed by atoms with Gasteiger partial charge in [0.25, 0.3) is 5.56 Å². The third-order valence-electron chi connectivity index (χ3n) is 1.40. The van der Waals surface area contributed by atoms with E-state index in [1.54, 1.807) is 6.92 Å². The molecule has 1 aromatic heterocycles. The van der Waals surface area contributed by atoms with Gasteiger partial charge in [-0.25, -0.2) is 0 Å². The molecule has 1 aromatic rings. The number of aromatic amines is 1. The maximum Gasteiger partial charge on any atom is 0.280 e. The largest absolute Gasteiger partial charge is 0.383 e. The van der Waals surface area contributed by atoms with Gasteiger partial charge in [0.2, 0.25) is 5.91 Å². The lowest BCUT2D eigenvalue weighted by molar-refractivity contribution is -0.119. The van der Waals surface area contributed by atoms with Crippen molar-refractivity contribution in [2.75, 3.05) is 0 Å². The van der Waals surface area contributed by atoms with Crippen LogP contribution in [0.4, 0.5) is 0 Å². The van der Waals surface area contributed by atoms with Crippen LogP contribution in [0.2, 0.25) is 0 Å². The van der Waals surface area contributed by atoms with Gasteiger partial charge in [0, 0.05) is 6.07 Å². The van der Waals surface area contributed by atoms with E-state index < -0.39 is 11.8 Å². The van der Waals surface area contributed by atoms with Gasteiger partial charge in [-0.1, -0.05) is 0 Å². The molecule has 5 nitrogen and oxygen atoms in total. The fraction of sp³-hybridized carbons (Fsp3) is 0.333. The van der Waals surface area contributed by atoms with Crippen molar-refractivity contribution in [3.63, 3.8) is 0 Å². The summed E-state index contributed by atoms with van der Waals surface area (Å²) in [4.78, 5) is 21.1. The number of amides is 1. The maximum absolute atomic E-state index is 10.6. The molecule has 1 unspecified atom stereocenters. The Morgan fingerprint density at radius 2 is 2.45 bits per heavy atom. The average Bonchev–Trinajstić information content (AvgIpc) is 2.34. The molecule has 1 rings (SSSR count). The molecule has 0 bridgehead atoms. The minimum atomic E-state index is -0.561. The van der Waals surface area contributed by atoms with Crippen molar-refractivity contribution < 1.29 is 9.32 Å². The Bertz CT molecular complexity index is 312. The van der Waals surface area contributed by atoms with Crippen molar-refractivity contribution in [3.8, 4) is 0 Å². The second kappa shape index (κ2) is 2.61. The molecule has 0 fully saturated rings. The van der Waals surface area contributed by atoms with Gasteiger partial charge >= 0.3 is 0 Å². The summed E-state index contributed by atoms with van der Waals surface area (Å²) < 4.78 is 4.65. The van der Waals surface area contributed by atoms with E-state index in [2.05, 4.69) is 9.68 Å². The highest BCUT2D eigenvalue weighted by Crippen LogP contribution is 2.10. The molecular formula is C6H8N2O3. The number of nitrogens with one attached hydrogen (secondary N) is 1. The van der Waals surface area contributed by atoms with E-state index in [0.29, 0.717) is 0 Å². The first-order chi connectivity index (χ1) is 5.11. The standard InChI is InChI=1S/C6H8N2O3/c1-3(6(7)10)4-2-5(9)8-11-4/h2-3H,1H3,(H2,7,10)(H,8,9). The van der Waals surface area contributed by atoms with Gasteiger partial charge < -0.3 is 10.3 Å². The van der Waals surface area contributed by atoms with Crippen LogP contribution in [0.25, 0.3) is 0 Å². The summed E-state index contributed by atoms with van der Waals surface area (Å²) in [5, 5.41) is 2.07.